The minimum Gasteiger partial charge on any atom is -0.361 e. The van der Waals surface area contributed by atoms with Crippen molar-refractivity contribution >= 4 is 28.2 Å². The third kappa shape index (κ3) is 3.07. The fourth-order valence-electron chi connectivity index (χ4n) is 0.948. The van der Waals surface area contributed by atoms with Gasteiger partial charge in [-0.15, -0.1) is 16.8 Å². The van der Waals surface area contributed by atoms with Crippen molar-refractivity contribution < 1.29 is 4.52 Å². The van der Waals surface area contributed by atoms with Gasteiger partial charge in [-0.3, -0.25) is 0 Å². The van der Waals surface area contributed by atoms with Gasteiger partial charge in [0, 0.05) is 12.6 Å². The van der Waals surface area contributed by atoms with Gasteiger partial charge in [0.1, 0.15) is 5.76 Å². The summed E-state index contributed by atoms with van der Waals surface area (Å²) in [4.78, 5) is 0. The van der Waals surface area contributed by atoms with E-state index in [1.807, 2.05) is 6.07 Å². The van der Waals surface area contributed by atoms with Gasteiger partial charge >= 0.3 is 0 Å². The molecule has 0 amide bonds. The van der Waals surface area contributed by atoms with Crippen LogP contribution in [-0.4, -0.2) is 21.9 Å². The zero-order valence-electron chi connectivity index (χ0n) is 8.42. The van der Waals surface area contributed by atoms with Crippen molar-refractivity contribution in [3.8, 4) is 0 Å². The van der Waals surface area contributed by atoms with Crippen LogP contribution in [0.5, 0.6) is 0 Å². The molecule has 16 heavy (non-hydrogen) atoms. The van der Waals surface area contributed by atoms with Crippen LogP contribution in [0.1, 0.15) is 5.76 Å². The molecule has 0 saturated carbocycles. The van der Waals surface area contributed by atoms with E-state index >= 15 is 0 Å². The third-order valence-electron chi connectivity index (χ3n) is 1.63. The summed E-state index contributed by atoms with van der Waals surface area (Å²) in [5, 5.41) is 15.6. The molecule has 0 aliphatic carbocycles. The smallest absolute Gasteiger partial charge is 0.206 e. The molecule has 2 aromatic heterocycles. The van der Waals surface area contributed by atoms with Crippen LogP contribution in [-0.2, 0) is 5.75 Å². The van der Waals surface area contributed by atoms with Gasteiger partial charge < -0.3 is 9.84 Å². The van der Waals surface area contributed by atoms with Gasteiger partial charge in [-0.1, -0.05) is 34.3 Å². The van der Waals surface area contributed by atoms with E-state index in [0.717, 1.165) is 21.0 Å². The van der Waals surface area contributed by atoms with Gasteiger partial charge in [0.15, 0.2) is 4.34 Å². The van der Waals surface area contributed by atoms with E-state index in [1.54, 1.807) is 24.0 Å². The fraction of sp³-hybridized carbons (Fsp3) is 0.222. The summed E-state index contributed by atoms with van der Waals surface area (Å²) in [5.74, 6) is 1.55. The molecule has 0 unspecified atom stereocenters. The van der Waals surface area contributed by atoms with Crippen LogP contribution in [0.4, 0.5) is 5.13 Å². The second kappa shape index (κ2) is 5.66. The van der Waals surface area contributed by atoms with Crippen LogP contribution in [0.25, 0.3) is 0 Å². The van der Waals surface area contributed by atoms with Gasteiger partial charge in [0.05, 0.1) is 11.9 Å². The first-order chi connectivity index (χ1) is 7.88. The van der Waals surface area contributed by atoms with Crippen molar-refractivity contribution in [3.63, 3.8) is 0 Å². The molecule has 0 aliphatic heterocycles. The van der Waals surface area contributed by atoms with Crippen molar-refractivity contribution in [1.82, 2.24) is 15.4 Å². The standard InChI is InChI=1S/C9H10N4OS2/c1-2-4-10-8-12-13-9(16-8)15-6-7-3-5-11-14-7/h2-3,5H,1,4,6H2,(H,10,12). The van der Waals surface area contributed by atoms with Crippen molar-refractivity contribution in [2.24, 2.45) is 0 Å². The van der Waals surface area contributed by atoms with Crippen LogP contribution in [0.2, 0.25) is 0 Å². The summed E-state index contributed by atoms with van der Waals surface area (Å²) in [6, 6.07) is 1.84. The Morgan fingerprint density at radius 3 is 3.25 bits per heavy atom. The summed E-state index contributed by atoms with van der Waals surface area (Å²) < 4.78 is 5.89. The highest BCUT2D eigenvalue weighted by Crippen LogP contribution is 2.27. The molecule has 7 heteroatoms. The first kappa shape index (κ1) is 11.2. The number of hydrogen-bond acceptors (Lipinski definition) is 7. The Morgan fingerprint density at radius 1 is 1.56 bits per heavy atom. The highest BCUT2D eigenvalue weighted by atomic mass is 32.2. The Morgan fingerprint density at radius 2 is 2.50 bits per heavy atom. The molecule has 1 N–H and O–H groups in total. The number of nitrogens with one attached hydrogen (secondary N) is 1. The Labute approximate surface area is 101 Å². The lowest BCUT2D eigenvalue weighted by Gasteiger charge is -1.93. The molecule has 0 fully saturated rings. The van der Waals surface area contributed by atoms with E-state index in [-0.39, 0.29) is 0 Å². The molecule has 0 aromatic carbocycles. The number of thioether (sulfide) groups is 1. The Bertz CT molecular complexity index is 440. The normalized spacial score (nSPS) is 10.2. The highest BCUT2D eigenvalue weighted by Gasteiger charge is 2.05. The van der Waals surface area contributed by atoms with Crippen LogP contribution in [0.3, 0.4) is 0 Å². The van der Waals surface area contributed by atoms with E-state index in [1.165, 1.54) is 11.3 Å². The van der Waals surface area contributed by atoms with Gasteiger partial charge in [-0.25, -0.2) is 0 Å². The molecule has 0 aliphatic rings. The van der Waals surface area contributed by atoms with Gasteiger partial charge in [0.2, 0.25) is 5.13 Å². The molecular weight excluding hydrogens is 244 g/mol. The molecule has 5 nitrogen and oxygen atoms in total. The zero-order valence-corrected chi connectivity index (χ0v) is 10.1. The Balaban J connectivity index is 1.85. The minimum atomic E-state index is 0.696. The summed E-state index contributed by atoms with van der Waals surface area (Å²) in [7, 11) is 0. The maximum Gasteiger partial charge on any atom is 0.206 e. The van der Waals surface area contributed by atoms with E-state index in [2.05, 4.69) is 27.2 Å². The fourth-order valence-corrected chi connectivity index (χ4v) is 2.60. The van der Waals surface area contributed by atoms with Gasteiger partial charge in [0.25, 0.3) is 0 Å². The second-order valence-corrected chi connectivity index (χ2v) is 5.01. The molecule has 2 heterocycles. The molecule has 0 atom stereocenters. The molecule has 84 valence electrons. The molecule has 0 saturated heterocycles. The highest BCUT2D eigenvalue weighted by molar-refractivity contribution is 8.00. The zero-order chi connectivity index (χ0) is 11.2. The van der Waals surface area contributed by atoms with E-state index < -0.39 is 0 Å². The van der Waals surface area contributed by atoms with Crippen LogP contribution < -0.4 is 5.32 Å². The molecule has 2 aromatic rings. The summed E-state index contributed by atoms with van der Waals surface area (Å²) in [6.07, 6.45) is 3.41. The van der Waals surface area contributed by atoms with Crippen LogP contribution >= 0.6 is 23.1 Å². The summed E-state index contributed by atoms with van der Waals surface area (Å²) >= 11 is 3.09. The molecule has 0 radical (unpaired) electrons. The molecule has 0 spiro atoms. The van der Waals surface area contributed by atoms with E-state index in [0.29, 0.717) is 6.54 Å². The number of nitrogens with zero attached hydrogens (tertiary/aromatic N) is 3. The average molecular weight is 254 g/mol. The Kier molecular flexibility index (Phi) is 3.95. The quantitative estimate of drug-likeness (QED) is 0.631. The largest absolute Gasteiger partial charge is 0.361 e. The van der Waals surface area contributed by atoms with Crippen molar-refractivity contribution in [1.29, 1.82) is 0 Å². The topological polar surface area (TPSA) is 63.8 Å². The first-order valence-corrected chi connectivity index (χ1v) is 6.39. The lowest BCUT2D eigenvalue weighted by Crippen LogP contribution is -1.96. The van der Waals surface area contributed by atoms with Gasteiger partial charge in [-0.2, -0.15) is 0 Å². The summed E-state index contributed by atoms with van der Waals surface area (Å²) in [6.45, 7) is 4.32. The van der Waals surface area contributed by atoms with E-state index in [4.69, 9.17) is 4.52 Å². The minimum absolute atomic E-state index is 0.696. The molecule has 2 rings (SSSR count). The predicted molar refractivity (Wildman–Crippen MR) is 64.7 cm³/mol. The first-order valence-electron chi connectivity index (χ1n) is 4.59. The van der Waals surface area contributed by atoms with Crippen molar-refractivity contribution in [2.45, 2.75) is 10.1 Å². The SMILES string of the molecule is C=CCNc1nnc(SCc2ccno2)s1. The van der Waals surface area contributed by atoms with Crippen molar-refractivity contribution in [3.05, 3.63) is 30.7 Å². The second-order valence-electron chi connectivity index (χ2n) is 2.81. The van der Waals surface area contributed by atoms with Crippen LogP contribution in [0, 0.1) is 0 Å². The predicted octanol–water partition coefficient (Wildman–Crippen LogP) is 2.42. The molecule has 0 bridgehead atoms. The van der Waals surface area contributed by atoms with Gasteiger partial charge in [-0.05, 0) is 0 Å². The maximum atomic E-state index is 4.98. The maximum absolute atomic E-state index is 4.98. The Hall–Kier alpha value is -1.34. The average Bonchev–Trinajstić information content (AvgIpc) is 2.95. The molecular formula is C9H10N4OS2. The number of hydrogen-bond donors (Lipinski definition) is 1. The monoisotopic (exact) mass is 254 g/mol. The number of aromatic nitrogens is 3. The number of rotatable bonds is 6. The third-order valence-corrected chi connectivity index (χ3v) is 3.67. The van der Waals surface area contributed by atoms with Crippen LogP contribution in [0.15, 0.2) is 33.8 Å². The lowest BCUT2D eigenvalue weighted by molar-refractivity contribution is 0.395. The number of anilines is 1. The van der Waals surface area contributed by atoms with E-state index in [9.17, 15) is 0 Å². The lowest BCUT2D eigenvalue weighted by atomic mass is 10.5. The summed E-state index contributed by atoms with van der Waals surface area (Å²) in [5.41, 5.74) is 0. The van der Waals surface area contributed by atoms with Crippen molar-refractivity contribution in [2.75, 3.05) is 11.9 Å².